The number of furan rings is 1. The Morgan fingerprint density at radius 1 is 1.50 bits per heavy atom. The van der Waals surface area contributed by atoms with Crippen molar-refractivity contribution in [3.63, 3.8) is 0 Å². The molecule has 2 unspecified atom stereocenters. The van der Waals surface area contributed by atoms with E-state index in [0.29, 0.717) is 37.7 Å². The topological polar surface area (TPSA) is 72.7 Å². The predicted octanol–water partition coefficient (Wildman–Crippen LogP) is 2.42. The molecule has 1 fully saturated rings. The standard InChI is InChI=1S/C17H22N2O4.ClH/c1-3-22-14-6-4-5-12-9-15(23-16(12)14)11(2)19-17(20)13-10-21-8-7-18-13;/h4-6,9,11,13,18H,3,7-8,10H2,1-2H3,(H,19,20);1H. The molecule has 0 aliphatic carbocycles. The number of para-hydroxylation sites is 1. The molecular weight excluding hydrogens is 332 g/mol. The Balaban J connectivity index is 0.00000208. The second-order valence-electron chi connectivity index (χ2n) is 5.57. The van der Waals surface area contributed by atoms with E-state index in [4.69, 9.17) is 13.9 Å². The predicted molar refractivity (Wildman–Crippen MR) is 93.8 cm³/mol. The van der Waals surface area contributed by atoms with E-state index in [1.165, 1.54) is 0 Å². The molecule has 7 heteroatoms. The van der Waals surface area contributed by atoms with Gasteiger partial charge in [-0.05, 0) is 26.0 Å². The van der Waals surface area contributed by atoms with Crippen LogP contribution in [0.5, 0.6) is 5.75 Å². The second kappa shape index (κ2) is 8.37. The van der Waals surface area contributed by atoms with Crippen LogP contribution in [0.25, 0.3) is 11.0 Å². The van der Waals surface area contributed by atoms with Gasteiger partial charge in [-0.15, -0.1) is 12.4 Å². The number of carbonyl (C=O) groups is 1. The van der Waals surface area contributed by atoms with Crippen molar-refractivity contribution >= 4 is 29.3 Å². The third-order valence-electron chi connectivity index (χ3n) is 3.85. The van der Waals surface area contributed by atoms with Crippen LogP contribution in [0.1, 0.15) is 25.6 Å². The molecule has 1 aliphatic heterocycles. The van der Waals surface area contributed by atoms with E-state index in [9.17, 15) is 4.79 Å². The van der Waals surface area contributed by atoms with Crippen molar-refractivity contribution in [2.45, 2.75) is 25.9 Å². The Labute approximate surface area is 147 Å². The van der Waals surface area contributed by atoms with E-state index in [-0.39, 0.29) is 30.4 Å². The average Bonchev–Trinajstić information content (AvgIpc) is 3.01. The summed E-state index contributed by atoms with van der Waals surface area (Å²) in [4.78, 5) is 12.2. The Kier molecular flexibility index (Phi) is 6.48. The Morgan fingerprint density at radius 3 is 3.04 bits per heavy atom. The fourth-order valence-corrected chi connectivity index (χ4v) is 2.66. The van der Waals surface area contributed by atoms with Crippen molar-refractivity contribution in [3.8, 4) is 5.75 Å². The summed E-state index contributed by atoms with van der Waals surface area (Å²) in [5, 5.41) is 7.07. The number of nitrogens with one attached hydrogen (secondary N) is 2. The zero-order valence-corrected chi connectivity index (χ0v) is 14.7. The maximum absolute atomic E-state index is 12.2. The van der Waals surface area contributed by atoms with Gasteiger partial charge in [0.05, 0.1) is 25.9 Å². The number of amides is 1. The van der Waals surface area contributed by atoms with Crippen LogP contribution in [-0.2, 0) is 9.53 Å². The molecule has 0 bridgehead atoms. The molecule has 0 spiro atoms. The number of ether oxygens (including phenoxy) is 2. The second-order valence-corrected chi connectivity index (χ2v) is 5.57. The molecule has 1 aromatic heterocycles. The van der Waals surface area contributed by atoms with Crippen molar-refractivity contribution in [2.24, 2.45) is 0 Å². The van der Waals surface area contributed by atoms with Gasteiger partial charge in [-0.2, -0.15) is 0 Å². The monoisotopic (exact) mass is 354 g/mol. The highest BCUT2D eigenvalue weighted by molar-refractivity contribution is 5.85. The van der Waals surface area contributed by atoms with Gasteiger partial charge in [-0.3, -0.25) is 4.79 Å². The smallest absolute Gasteiger partial charge is 0.240 e. The summed E-state index contributed by atoms with van der Waals surface area (Å²) >= 11 is 0. The highest BCUT2D eigenvalue weighted by Gasteiger charge is 2.24. The van der Waals surface area contributed by atoms with Crippen LogP contribution in [0.4, 0.5) is 0 Å². The summed E-state index contributed by atoms with van der Waals surface area (Å²) in [6.07, 6.45) is 0. The van der Waals surface area contributed by atoms with Gasteiger partial charge in [0, 0.05) is 11.9 Å². The minimum Gasteiger partial charge on any atom is -0.490 e. The van der Waals surface area contributed by atoms with Crippen molar-refractivity contribution < 1.29 is 18.7 Å². The first-order chi connectivity index (χ1) is 11.2. The summed E-state index contributed by atoms with van der Waals surface area (Å²) in [5.41, 5.74) is 0.713. The van der Waals surface area contributed by atoms with E-state index in [1.54, 1.807) is 0 Å². The lowest BCUT2D eigenvalue weighted by Crippen LogP contribution is -2.51. The van der Waals surface area contributed by atoms with Crippen LogP contribution in [0.2, 0.25) is 0 Å². The van der Waals surface area contributed by atoms with E-state index in [2.05, 4.69) is 10.6 Å². The molecule has 24 heavy (non-hydrogen) atoms. The van der Waals surface area contributed by atoms with Gasteiger partial charge >= 0.3 is 0 Å². The summed E-state index contributed by atoms with van der Waals surface area (Å²) in [5.74, 6) is 1.34. The zero-order valence-electron chi connectivity index (χ0n) is 13.8. The first-order valence-corrected chi connectivity index (χ1v) is 7.95. The van der Waals surface area contributed by atoms with Crippen molar-refractivity contribution in [2.75, 3.05) is 26.4 Å². The van der Waals surface area contributed by atoms with E-state index >= 15 is 0 Å². The van der Waals surface area contributed by atoms with Gasteiger partial charge in [0.2, 0.25) is 5.91 Å². The number of halogens is 1. The largest absolute Gasteiger partial charge is 0.490 e. The lowest BCUT2D eigenvalue weighted by molar-refractivity contribution is -0.126. The molecule has 1 saturated heterocycles. The highest BCUT2D eigenvalue weighted by Crippen LogP contribution is 2.31. The van der Waals surface area contributed by atoms with Crippen LogP contribution in [0, 0.1) is 0 Å². The minimum atomic E-state index is -0.311. The Morgan fingerprint density at radius 2 is 2.33 bits per heavy atom. The molecule has 0 radical (unpaired) electrons. The van der Waals surface area contributed by atoms with Crippen LogP contribution in [0.15, 0.2) is 28.7 Å². The molecule has 1 aliphatic rings. The first kappa shape index (κ1) is 18.6. The molecule has 0 saturated carbocycles. The normalized spacial score (nSPS) is 18.7. The number of benzene rings is 1. The number of fused-ring (bicyclic) bond motifs is 1. The molecule has 2 N–H and O–H groups in total. The lowest BCUT2D eigenvalue weighted by atomic mass is 10.2. The molecule has 132 valence electrons. The third kappa shape index (κ3) is 4.01. The van der Waals surface area contributed by atoms with Crippen molar-refractivity contribution in [1.29, 1.82) is 0 Å². The molecule has 1 amide bonds. The van der Waals surface area contributed by atoms with Crippen LogP contribution in [-0.4, -0.2) is 38.3 Å². The molecule has 3 rings (SSSR count). The molecule has 2 atom stereocenters. The maximum atomic E-state index is 12.2. The van der Waals surface area contributed by atoms with Gasteiger partial charge < -0.3 is 24.5 Å². The fourth-order valence-electron chi connectivity index (χ4n) is 2.66. The number of carbonyl (C=O) groups excluding carboxylic acids is 1. The van der Waals surface area contributed by atoms with Gasteiger partial charge in [-0.1, -0.05) is 12.1 Å². The number of hydrogen-bond donors (Lipinski definition) is 2. The average molecular weight is 355 g/mol. The molecule has 6 nitrogen and oxygen atoms in total. The summed E-state index contributed by atoms with van der Waals surface area (Å²) < 4.78 is 16.8. The van der Waals surface area contributed by atoms with Crippen LogP contribution in [0.3, 0.4) is 0 Å². The summed E-state index contributed by atoms with van der Waals surface area (Å²) in [7, 11) is 0. The van der Waals surface area contributed by atoms with Gasteiger partial charge in [0.15, 0.2) is 11.3 Å². The molecule has 2 heterocycles. The fraction of sp³-hybridized carbons (Fsp3) is 0.471. The zero-order chi connectivity index (χ0) is 16.2. The van der Waals surface area contributed by atoms with Gasteiger partial charge in [0.1, 0.15) is 11.8 Å². The Hall–Kier alpha value is -1.76. The number of rotatable bonds is 5. The maximum Gasteiger partial charge on any atom is 0.240 e. The summed E-state index contributed by atoms with van der Waals surface area (Å²) in [6.45, 7) is 6.14. The quantitative estimate of drug-likeness (QED) is 0.862. The van der Waals surface area contributed by atoms with Crippen molar-refractivity contribution in [1.82, 2.24) is 10.6 Å². The summed E-state index contributed by atoms with van der Waals surface area (Å²) in [6, 6.07) is 7.18. The van der Waals surface area contributed by atoms with Crippen LogP contribution < -0.4 is 15.4 Å². The first-order valence-electron chi connectivity index (χ1n) is 7.95. The molecule has 2 aromatic rings. The molecule has 1 aromatic carbocycles. The molecular formula is C17H23ClN2O4. The SMILES string of the molecule is CCOc1cccc2cc(C(C)NC(=O)C3COCCN3)oc12.Cl. The number of morpholine rings is 1. The van der Waals surface area contributed by atoms with Gasteiger partial charge in [0.25, 0.3) is 0 Å². The third-order valence-corrected chi connectivity index (χ3v) is 3.85. The van der Waals surface area contributed by atoms with E-state index < -0.39 is 0 Å². The lowest BCUT2D eigenvalue weighted by Gasteiger charge is -2.24. The van der Waals surface area contributed by atoms with E-state index in [0.717, 1.165) is 11.1 Å². The minimum absolute atomic E-state index is 0. The van der Waals surface area contributed by atoms with Crippen molar-refractivity contribution in [3.05, 3.63) is 30.0 Å². The Bertz CT molecular complexity index is 682. The highest BCUT2D eigenvalue weighted by atomic mass is 35.5. The van der Waals surface area contributed by atoms with Gasteiger partial charge in [-0.25, -0.2) is 0 Å². The van der Waals surface area contributed by atoms with Crippen LogP contribution >= 0.6 is 12.4 Å². The number of hydrogen-bond acceptors (Lipinski definition) is 5. The van der Waals surface area contributed by atoms with E-state index in [1.807, 2.05) is 38.1 Å².